The van der Waals surface area contributed by atoms with Crippen LogP contribution < -0.4 is 4.74 Å². The van der Waals surface area contributed by atoms with Crippen LogP contribution in [0.25, 0.3) is 22.3 Å². The lowest BCUT2D eigenvalue weighted by atomic mass is 10.1. The van der Waals surface area contributed by atoms with Gasteiger partial charge in [0.05, 0.1) is 22.9 Å². The first-order valence-corrected chi connectivity index (χ1v) is 14.2. The molecule has 4 rings (SSSR count). The Morgan fingerprint density at radius 2 is 1.78 bits per heavy atom. The number of aromatic nitrogens is 4. The van der Waals surface area contributed by atoms with Gasteiger partial charge in [0.15, 0.2) is 6.29 Å². The maximum absolute atomic E-state index is 10.9. The van der Waals surface area contributed by atoms with Gasteiger partial charge in [0.2, 0.25) is 0 Å². The van der Waals surface area contributed by atoms with Crippen molar-refractivity contribution in [1.29, 1.82) is 0 Å². The second kappa shape index (κ2) is 9.42. The van der Waals surface area contributed by atoms with Crippen molar-refractivity contribution in [1.82, 2.24) is 19.7 Å². The number of carbonyl (C=O) groups is 1. The largest absolute Gasteiger partial charge is 0.457 e. The van der Waals surface area contributed by atoms with E-state index in [0.29, 0.717) is 41.2 Å². The van der Waals surface area contributed by atoms with Crippen molar-refractivity contribution in [2.75, 3.05) is 6.61 Å². The Balaban J connectivity index is 1.42. The molecule has 0 aliphatic rings. The van der Waals surface area contributed by atoms with Crippen LogP contribution in [-0.2, 0) is 11.5 Å². The van der Waals surface area contributed by atoms with E-state index in [1.807, 2.05) is 41.1 Å². The Bertz CT molecular complexity index is 1220. The van der Waals surface area contributed by atoms with Gasteiger partial charge < -0.3 is 9.47 Å². The zero-order chi connectivity index (χ0) is 22.6. The molecule has 0 aliphatic carbocycles. The number of aldehydes is 1. The summed E-state index contributed by atoms with van der Waals surface area (Å²) in [7, 11) is -1.11. The van der Waals surface area contributed by atoms with Gasteiger partial charge in [0.1, 0.15) is 23.9 Å². The van der Waals surface area contributed by atoms with Gasteiger partial charge in [-0.2, -0.15) is 5.10 Å². The second-order valence-electron chi connectivity index (χ2n) is 8.75. The predicted molar refractivity (Wildman–Crippen MR) is 127 cm³/mol. The summed E-state index contributed by atoms with van der Waals surface area (Å²) in [6.07, 6.45) is 3.92. The minimum atomic E-state index is -1.11. The van der Waals surface area contributed by atoms with Gasteiger partial charge >= 0.3 is 0 Å². The van der Waals surface area contributed by atoms with Gasteiger partial charge in [-0.05, 0) is 48.5 Å². The Morgan fingerprint density at radius 3 is 2.53 bits per heavy atom. The van der Waals surface area contributed by atoms with Crippen LogP contribution in [0.4, 0.5) is 0 Å². The molecule has 4 aromatic rings. The number of hydrogen-bond acceptors (Lipinski definition) is 6. The number of carbonyl (C=O) groups excluding carboxylic acids is 1. The molecule has 0 radical (unpaired) electrons. The van der Waals surface area contributed by atoms with Crippen LogP contribution >= 0.6 is 0 Å². The molecule has 0 atom stereocenters. The van der Waals surface area contributed by atoms with E-state index in [1.54, 1.807) is 18.3 Å². The van der Waals surface area contributed by atoms with Crippen LogP contribution in [0.5, 0.6) is 11.5 Å². The summed E-state index contributed by atoms with van der Waals surface area (Å²) in [5, 5.41) is 4.40. The molecule has 0 saturated heterocycles. The third kappa shape index (κ3) is 5.46. The quantitative estimate of drug-likeness (QED) is 0.194. The molecule has 2 aromatic heterocycles. The molecular formula is C24H26N4O3Si. The highest BCUT2D eigenvalue weighted by Crippen LogP contribution is 2.27. The summed E-state index contributed by atoms with van der Waals surface area (Å²) in [5.41, 5.74) is 3.66. The van der Waals surface area contributed by atoms with E-state index < -0.39 is 8.07 Å². The summed E-state index contributed by atoms with van der Waals surface area (Å²) in [6.45, 7) is 8.22. The third-order valence-corrected chi connectivity index (χ3v) is 6.67. The van der Waals surface area contributed by atoms with E-state index in [2.05, 4.69) is 34.7 Å². The second-order valence-corrected chi connectivity index (χ2v) is 14.4. The Hall–Kier alpha value is -3.36. The number of fused-ring (bicyclic) bond motifs is 1. The predicted octanol–water partition coefficient (Wildman–Crippen LogP) is 5.41. The zero-order valence-corrected chi connectivity index (χ0v) is 19.5. The van der Waals surface area contributed by atoms with E-state index in [9.17, 15) is 4.79 Å². The van der Waals surface area contributed by atoms with E-state index in [1.165, 1.54) is 6.20 Å². The minimum Gasteiger partial charge on any atom is -0.457 e. The summed E-state index contributed by atoms with van der Waals surface area (Å²) < 4.78 is 13.7. The number of rotatable bonds is 9. The van der Waals surface area contributed by atoms with Crippen LogP contribution in [-0.4, -0.2) is 40.7 Å². The molecule has 7 nitrogen and oxygen atoms in total. The number of hydrogen-bond donors (Lipinski definition) is 0. The first kappa shape index (κ1) is 21.9. The van der Waals surface area contributed by atoms with Gasteiger partial charge in [-0.15, -0.1) is 0 Å². The average Bonchev–Trinajstić information content (AvgIpc) is 3.25. The molecular weight excluding hydrogens is 420 g/mol. The number of nitrogens with zero attached hydrogens (tertiary/aromatic N) is 4. The fraction of sp³-hybridized carbons (Fsp3) is 0.250. The molecule has 164 valence electrons. The average molecular weight is 447 g/mol. The molecule has 8 heteroatoms. The molecule has 0 N–H and O–H groups in total. The minimum absolute atomic E-state index is 0.308. The van der Waals surface area contributed by atoms with Crippen LogP contribution in [0.1, 0.15) is 10.5 Å². The van der Waals surface area contributed by atoms with Gasteiger partial charge in [-0.3, -0.25) is 9.78 Å². The molecule has 0 fully saturated rings. The Kier molecular flexibility index (Phi) is 6.43. The summed E-state index contributed by atoms with van der Waals surface area (Å²) in [6, 6.07) is 16.4. The highest BCUT2D eigenvalue weighted by atomic mass is 28.3. The highest BCUT2D eigenvalue weighted by molar-refractivity contribution is 6.76. The van der Waals surface area contributed by atoms with Crippen molar-refractivity contribution in [2.45, 2.75) is 32.4 Å². The van der Waals surface area contributed by atoms with Crippen molar-refractivity contribution < 1.29 is 14.3 Å². The molecule has 2 aromatic carbocycles. The summed E-state index contributed by atoms with van der Waals surface area (Å²) in [4.78, 5) is 19.3. The van der Waals surface area contributed by atoms with Gasteiger partial charge in [-0.25, -0.2) is 9.67 Å². The lowest BCUT2D eigenvalue weighted by Crippen LogP contribution is -2.22. The first-order valence-electron chi connectivity index (χ1n) is 10.5. The monoisotopic (exact) mass is 446 g/mol. The lowest BCUT2D eigenvalue weighted by Gasteiger charge is -2.16. The zero-order valence-electron chi connectivity index (χ0n) is 18.5. The van der Waals surface area contributed by atoms with E-state index in [4.69, 9.17) is 9.47 Å². The van der Waals surface area contributed by atoms with Crippen LogP contribution in [0.2, 0.25) is 25.7 Å². The summed E-state index contributed by atoms with van der Waals surface area (Å²) >= 11 is 0. The molecule has 0 bridgehead atoms. The summed E-state index contributed by atoms with van der Waals surface area (Å²) in [5.74, 6) is 1.36. The Morgan fingerprint density at radius 1 is 1.00 bits per heavy atom. The van der Waals surface area contributed by atoms with E-state index in [0.717, 1.165) is 23.9 Å². The van der Waals surface area contributed by atoms with Crippen molar-refractivity contribution in [3.05, 3.63) is 66.6 Å². The van der Waals surface area contributed by atoms with Gasteiger partial charge in [0, 0.05) is 32.5 Å². The molecule has 0 saturated carbocycles. The molecule has 2 heterocycles. The molecule has 0 unspecified atom stereocenters. The standard InChI is InChI=1S/C24H26N4O3Si/c1-32(2,3)13-12-30-17-28-24(10-11-26-28)18-4-6-20(7-5-18)31-21-8-9-22-23(14-21)25-15-19(16-29)27-22/h4-11,14-16H,12-13,17H2,1-3H3. The van der Waals surface area contributed by atoms with E-state index >= 15 is 0 Å². The van der Waals surface area contributed by atoms with Crippen LogP contribution in [0, 0.1) is 0 Å². The highest BCUT2D eigenvalue weighted by Gasteiger charge is 2.13. The van der Waals surface area contributed by atoms with Crippen LogP contribution in [0.3, 0.4) is 0 Å². The van der Waals surface area contributed by atoms with Crippen molar-refractivity contribution in [2.24, 2.45) is 0 Å². The molecule has 32 heavy (non-hydrogen) atoms. The fourth-order valence-electron chi connectivity index (χ4n) is 3.17. The fourth-order valence-corrected chi connectivity index (χ4v) is 3.92. The van der Waals surface area contributed by atoms with Crippen molar-refractivity contribution in [3.8, 4) is 22.8 Å². The van der Waals surface area contributed by atoms with Crippen molar-refractivity contribution >= 4 is 25.4 Å². The van der Waals surface area contributed by atoms with Gasteiger partial charge in [0.25, 0.3) is 0 Å². The molecule has 0 amide bonds. The van der Waals surface area contributed by atoms with Crippen LogP contribution in [0.15, 0.2) is 60.9 Å². The first-order chi connectivity index (χ1) is 15.4. The third-order valence-electron chi connectivity index (χ3n) is 4.97. The molecule has 0 aliphatic heterocycles. The SMILES string of the molecule is C[Si](C)(C)CCOCn1nccc1-c1ccc(Oc2ccc3nc(C=O)cnc3c2)cc1. The normalized spacial score (nSPS) is 11.6. The number of benzene rings is 2. The van der Waals surface area contributed by atoms with E-state index in [-0.39, 0.29) is 0 Å². The smallest absolute Gasteiger partial charge is 0.170 e. The number of ether oxygens (including phenoxy) is 2. The topological polar surface area (TPSA) is 79.1 Å². The van der Waals surface area contributed by atoms with Gasteiger partial charge in [-0.1, -0.05) is 19.6 Å². The lowest BCUT2D eigenvalue weighted by molar-refractivity contribution is 0.0798. The molecule has 0 spiro atoms. The maximum Gasteiger partial charge on any atom is 0.170 e. The Labute approximate surface area is 188 Å². The van der Waals surface area contributed by atoms with Crippen molar-refractivity contribution in [3.63, 3.8) is 0 Å². The maximum atomic E-state index is 10.9.